The van der Waals surface area contributed by atoms with Crippen molar-refractivity contribution in [3.8, 4) is 28.7 Å². The normalized spacial score (nSPS) is 18.6. The number of piperazine rings is 1. The average molecular weight is 1270 g/mol. The van der Waals surface area contributed by atoms with Gasteiger partial charge in [-0.15, -0.1) is 0 Å². The van der Waals surface area contributed by atoms with Crippen LogP contribution in [-0.2, 0) is 53.3 Å². The molecule has 0 radical (unpaired) electrons. The summed E-state index contributed by atoms with van der Waals surface area (Å²) in [5.41, 5.74) is 9.75. The fourth-order valence-electron chi connectivity index (χ4n) is 11.6. The average Bonchev–Trinajstić information content (AvgIpc) is 1.52. The molecule has 2 bridgehead atoms. The molecule has 3 aliphatic heterocycles. The van der Waals surface area contributed by atoms with Gasteiger partial charge in [0.1, 0.15) is 40.7 Å². The van der Waals surface area contributed by atoms with Gasteiger partial charge in [-0.05, 0) is 110 Å². The summed E-state index contributed by atoms with van der Waals surface area (Å²) in [5.74, 6) is 0.287. The minimum absolute atomic E-state index is 0.0265. The fraction of sp³-hybridized carbons (Fsp3) is 0.448. The Morgan fingerprint density at radius 3 is 2.09 bits per heavy atom. The van der Waals surface area contributed by atoms with Crippen LogP contribution in [0.2, 0.25) is 10.0 Å². The van der Waals surface area contributed by atoms with Crippen LogP contribution in [0.1, 0.15) is 111 Å². The Morgan fingerprint density at radius 2 is 1.46 bits per heavy atom. The van der Waals surface area contributed by atoms with Gasteiger partial charge < -0.3 is 49.3 Å². The number of amidine groups is 1. The van der Waals surface area contributed by atoms with E-state index in [1.807, 2.05) is 71.3 Å². The molecule has 0 aliphatic carbocycles. The number of urea groups is 1. The van der Waals surface area contributed by atoms with Crippen LogP contribution in [-0.4, -0.2) is 164 Å². The maximum atomic E-state index is 15.5. The molecular formula is C67H80Cl2FN11O9. The number of amides is 4. The fourth-order valence-corrected chi connectivity index (χ4v) is 11.8. The van der Waals surface area contributed by atoms with Crippen molar-refractivity contribution in [2.45, 2.75) is 90.6 Å². The number of ether oxygens (including phenoxy) is 6. The molecule has 5 heterocycles. The number of anilines is 1. The Balaban J connectivity index is 0.687. The van der Waals surface area contributed by atoms with Gasteiger partial charge in [0.25, 0.3) is 5.91 Å². The lowest BCUT2D eigenvalue weighted by Crippen LogP contribution is -2.60. The Labute approximate surface area is 535 Å². The van der Waals surface area contributed by atoms with Crippen LogP contribution in [0.3, 0.4) is 0 Å². The lowest BCUT2D eigenvalue weighted by molar-refractivity contribution is -0.122. The lowest BCUT2D eigenvalue weighted by Gasteiger charge is -2.47. The third-order valence-electron chi connectivity index (χ3n) is 16.8. The number of halogens is 3. The number of aromatic nitrogens is 3. The number of pyridine rings is 1. The first kappa shape index (κ1) is 66.7. The number of nitrogens with one attached hydrogen (secondary N) is 1. The molecule has 4 amide bonds. The molecule has 478 valence electrons. The van der Waals surface area contributed by atoms with E-state index in [1.165, 1.54) is 29.3 Å². The number of nitrogens with zero attached hydrogens (tertiary/aromatic N) is 9. The van der Waals surface area contributed by atoms with Crippen molar-refractivity contribution in [2.75, 3.05) is 112 Å². The number of fused-ring (bicyclic) bond motifs is 5. The number of carbonyl (C=O) groups excluding carboxylic acids is 3. The molecule has 0 unspecified atom stereocenters. The van der Waals surface area contributed by atoms with Crippen LogP contribution >= 0.6 is 23.2 Å². The third-order valence-corrected chi connectivity index (χ3v) is 17.3. The van der Waals surface area contributed by atoms with Gasteiger partial charge >= 0.3 is 6.03 Å². The van der Waals surface area contributed by atoms with Crippen molar-refractivity contribution in [1.82, 2.24) is 39.7 Å². The zero-order chi connectivity index (χ0) is 64.3. The summed E-state index contributed by atoms with van der Waals surface area (Å²) in [4.78, 5) is 59.7. The van der Waals surface area contributed by atoms with Gasteiger partial charge in [-0.2, -0.15) is 10.4 Å². The quantitative estimate of drug-likeness (QED) is 0.0570. The van der Waals surface area contributed by atoms with E-state index in [1.54, 1.807) is 24.7 Å². The van der Waals surface area contributed by atoms with E-state index in [4.69, 9.17) is 62.3 Å². The van der Waals surface area contributed by atoms with Crippen molar-refractivity contribution in [3.05, 3.63) is 158 Å². The summed E-state index contributed by atoms with van der Waals surface area (Å²) in [7, 11) is 1.61. The summed E-state index contributed by atoms with van der Waals surface area (Å²) in [6, 6.07) is 29.1. The molecular weight excluding hydrogens is 1190 g/mol. The van der Waals surface area contributed by atoms with Crippen molar-refractivity contribution >= 4 is 52.7 Å². The monoisotopic (exact) mass is 1270 g/mol. The summed E-state index contributed by atoms with van der Waals surface area (Å²) in [6.07, 6.45) is 0.837. The van der Waals surface area contributed by atoms with E-state index in [0.29, 0.717) is 123 Å². The summed E-state index contributed by atoms with van der Waals surface area (Å²) < 4.78 is 51.6. The van der Waals surface area contributed by atoms with E-state index in [9.17, 15) is 19.2 Å². The summed E-state index contributed by atoms with van der Waals surface area (Å²) >= 11 is 13.0. The van der Waals surface area contributed by atoms with Crippen molar-refractivity contribution in [2.24, 2.45) is 4.99 Å². The van der Waals surface area contributed by atoms with Crippen LogP contribution in [0.4, 0.5) is 15.0 Å². The predicted octanol–water partition coefficient (Wildman–Crippen LogP) is 10.2. The van der Waals surface area contributed by atoms with Gasteiger partial charge in [-0.3, -0.25) is 29.1 Å². The molecule has 0 saturated carbocycles. The molecule has 3 aliphatic rings. The number of hydrogen-bond acceptors (Lipinski definition) is 15. The van der Waals surface area contributed by atoms with Gasteiger partial charge in [0.05, 0.1) is 83.8 Å². The Kier molecular flexibility index (Phi) is 21.9. The number of rotatable bonds is 23. The van der Waals surface area contributed by atoms with Gasteiger partial charge in [0.2, 0.25) is 5.91 Å². The zero-order valence-corrected chi connectivity index (χ0v) is 54.0. The van der Waals surface area contributed by atoms with E-state index >= 15 is 4.79 Å². The third kappa shape index (κ3) is 15.0. The zero-order valence-electron chi connectivity index (χ0n) is 52.5. The van der Waals surface area contributed by atoms with Crippen LogP contribution in [0.5, 0.6) is 11.5 Å². The molecule has 6 aromatic rings. The lowest BCUT2D eigenvalue weighted by atomic mass is 9.71. The molecule has 1 saturated heterocycles. The molecule has 23 heteroatoms. The number of nitriles is 1. The Bertz CT molecular complexity index is 3590. The first-order valence-corrected chi connectivity index (χ1v) is 31.2. The molecule has 0 spiro atoms. The number of hydrogen-bond donors (Lipinski definition) is 2. The van der Waals surface area contributed by atoms with E-state index < -0.39 is 28.9 Å². The van der Waals surface area contributed by atoms with Gasteiger partial charge in [0, 0.05) is 91.2 Å². The molecule has 20 nitrogen and oxygen atoms in total. The number of nitrogen functional groups attached to an aromatic ring is 1. The second-order valence-electron chi connectivity index (χ2n) is 23.7. The summed E-state index contributed by atoms with van der Waals surface area (Å²) in [6.45, 7) is 21.0. The van der Waals surface area contributed by atoms with Crippen LogP contribution in [0.25, 0.3) is 11.1 Å². The highest BCUT2D eigenvalue weighted by Gasteiger charge is 2.60. The number of nitrogens with two attached hydrogens (primary N) is 1. The maximum absolute atomic E-state index is 15.5. The van der Waals surface area contributed by atoms with Crippen LogP contribution in [0, 0.1) is 17.1 Å². The molecule has 3 atom stereocenters. The minimum atomic E-state index is -1.03. The SMILES string of the molecule is CCOc1cc(C(C)(C)C)ccc1C1=N[C@](C)(c2ccc(Cl)cc2)[C@](C)(c2ccc(Cl)cc2)N1C(=O)N1CCN(CCOCCOCCOCCOCCC(=O)NCCn2nc(C#N)c3c2CN(C)C(=O)c2ccc(F)cc2[C@@H](C)Oc2cc-3cnc2N)CC1. The topological polar surface area (TPSA) is 224 Å². The van der Waals surface area contributed by atoms with Gasteiger partial charge in [-0.25, -0.2) is 14.2 Å². The molecule has 9 rings (SSSR count). The smallest absolute Gasteiger partial charge is 0.326 e. The second-order valence-corrected chi connectivity index (χ2v) is 24.6. The van der Waals surface area contributed by atoms with Gasteiger partial charge in [0.15, 0.2) is 17.3 Å². The highest BCUT2D eigenvalue weighted by molar-refractivity contribution is 6.30. The van der Waals surface area contributed by atoms with Crippen LogP contribution in [0.15, 0.2) is 102 Å². The van der Waals surface area contributed by atoms with Crippen molar-refractivity contribution < 1.29 is 47.2 Å². The van der Waals surface area contributed by atoms with Gasteiger partial charge in [-0.1, -0.05) is 74.3 Å². The Morgan fingerprint density at radius 1 is 0.833 bits per heavy atom. The number of benzene rings is 4. The Hall–Kier alpha value is -7.68. The molecule has 1 fully saturated rings. The second kappa shape index (κ2) is 29.5. The first-order chi connectivity index (χ1) is 43.1. The highest BCUT2D eigenvalue weighted by Crippen LogP contribution is 2.54. The molecule has 90 heavy (non-hydrogen) atoms. The van der Waals surface area contributed by atoms with E-state index in [2.05, 4.69) is 73.1 Å². The first-order valence-electron chi connectivity index (χ1n) is 30.4. The van der Waals surface area contributed by atoms with Crippen molar-refractivity contribution in [1.29, 1.82) is 5.26 Å². The van der Waals surface area contributed by atoms with Crippen LogP contribution < -0.4 is 20.5 Å². The van der Waals surface area contributed by atoms with E-state index in [0.717, 1.165) is 22.3 Å². The number of aliphatic imine (C=N–C) groups is 1. The largest absolute Gasteiger partial charge is 0.493 e. The number of carbonyl (C=O) groups is 3. The molecule has 2 aromatic heterocycles. The maximum Gasteiger partial charge on any atom is 0.326 e. The summed E-state index contributed by atoms with van der Waals surface area (Å²) in [5, 5.41) is 18.8. The molecule has 4 aromatic carbocycles. The standard InChI is InChI=1S/C67H80Cl2FN11O9/c1-9-89-57-39-48(65(3,4)5)14-20-53(57)62-75-66(6,46-10-15-49(68)16-11-46)67(7,47-12-17-50(69)18-13-47)81(62)64(84)79-27-25-78(26-28-79)29-31-86-33-35-88-37-36-87-34-32-85-30-22-59(82)73-23-24-80-56-43-77(8)63(83)52-21-19-51(70)40-54(52)44(2)90-58-38-45(42-74-61(58)72)60(56)55(41-71)76-80/h10-21,38-40,42,44H,9,22-37,43H2,1-8H3,(H2,72,74)(H,73,82)/t44-,66-,67+/m1/s1. The predicted molar refractivity (Wildman–Crippen MR) is 342 cm³/mol. The highest BCUT2D eigenvalue weighted by atomic mass is 35.5. The minimum Gasteiger partial charge on any atom is -0.493 e. The van der Waals surface area contributed by atoms with E-state index in [-0.39, 0.29) is 79.4 Å². The van der Waals surface area contributed by atoms with Crippen molar-refractivity contribution in [3.63, 3.8) is 0 Å². The molecule has 3 N–H and O–H groups in total.